The highest BCUT2D eigenvalue weighted by Crippen LogP contribution is 2.32. The maximum atomic E-state index is 11.9. The third-order valence-corrected chi connectivity index (χ3v) is 5.77. The number of ether oxygens (including phenoxy) is 1. The van der Waals surface area contributed by atoms with Crippen molar-refractivity contribution in [3.05, 3.63) is 35.9 Å². The predicted octanol–water partition coefficient (Wildman–Crippen LogP) is 1.96. The molecule has 3 aliphatic rings. The molecule has 25 heavy (non-hydrogen) atoms. The Kier molecular flexibility index (Phi) is 6.39. The van der Waals surface area contributed by atoms with Crippen molar-refractivity contribution < 1.29 is 13.5 Å². The molecule has 0 bridgehead atoms. The van der Waals surface area contributed by atoms with E-state index in [0.29, 0.717) is 12.1 Å². The molecule has 3 fully saturated rings. The molecule has 1 N–H and O–H groups in total. The fourth-order valence-electron chi connectivity index (χ4n) is 4.20. The SMILES string of the molecule is CNC1COCC(N2CC3CCN(C)C3C2)C1.Fc1ccc(F)cc1. The fraction of sp³-hybridized carbons (Fsp3) is 0.684. The van der Waals surface area contributed by atoms with Crippen LogP contribution in [-0.4, -0.2) is 74.9 Å². The number of fused-ring (bicyclic) bond motifs is 1. The van der Waals surface area contributed by atoms with Crippen LogP contribution in [0.15, 0.2) is 24.3 Å². The number of nitrogens with zero attached hydrogens (tertiary/aromatic N) is 2. The Labute approximate surface area is 149 Å². The lowest BCUT2D eigenvalue weighted by molar-refractivity contribution is 0.00524. The lowest BCUT2D eigenvalue weighted by atomic mass is 10.0. The minimum Gasteiger partial charge on any atom is -0.378 e. The van der Waals surface area contributed by atoms with E-state index in [1.807, 2.05) is 7.05 Å². The number of likely N-dealkylation sites (tertiary alicyclic amines) is 2. The number of hydrogen-bond acceptors (Lipinski definition) is 4. The van der Waals surface area contributed by atoms with E-state index in [2.05, 4.69) is 22.2 Å². The molecule has 4 rings (SSSR count). The lowest BCUT2D eigenvalue weighted by Crippen LogP contribution is -2.49. The number of likely N-dealkylation sites (N-methyl/N-ethyl adjacent to an activating group) is 2. The normalized spacial score (nSPS) is 33.0. The molecule has 0 radical (unpaired) electrons. The first-order chi connectivity index (χ1) is 12.1. The maximum Gasteiger partial charge on any atom is 0.123 e. The van der Waals surface area contributed by atoms with Gasteiger partial charge in [-0.2, -0.15) is 0 Å². The summed E-state index contributed by atoms with van der Waals surface area (Å²) in [7, 11) is 4.32. The number of hydrogen-bond donors (Lipinski definition) is 1. The molecule has 3 saturated heterocycles. The Hall–Kier alpha value is -1.08. The first-order valence-corrected chi connectivity index (χ1v) is 9.17. The molecule has 4 atom stereocenters. The van der Waals surface area contributed by atoms with Crippen molar-refractivity contribution in [1.29, 1.82) is 0 Å². The summed E-state index contributed by atoms with van der Waals surface area (Å²) < 4.78 is 29.6. The van der Waals surface area contributed by atoms with Crippen LogP contribution in [0.5, 0.6) is 0 Å². The van der Waals surface area contributed by atoms with E-state index in [-0.39, 0.29) is 0 Å². The minimum absolute atomic E-state index is 0.411. The summed E-state index contributed by atoms with van der Waals surface area (Å²) >= 11 is 0. The van der Waals surface area contributed by atoms with E-state index in [4.69, 9.17) is 4.74 Å². The largest absolute Gasteiger partial charge is 0.378 e. The molecule has 0 spiro atoms. The summed E-state index contributed by atoms with van der Waals surface area (Å²) in [6, 6.07) is 6.31. The van der Waals surface area contributed by atoms with E-state index >= 15 is 0 Å². The third-order valence-electron chi connectivity index (χ3n) is 5.77. The van der Waals surface area contributed by atoms with Gasteiger partial charge in [0.2, 0.25) is 0 Å². The second kappa shape index (κ2) is 8.54. The summed E-state index contributed by atoms with van der Waals surface area (Å²) in [5, 5.41) is 3.35. The van der Waals surface area contributed by atoms with E-state index in [1.165, 1.54) is 32.5 Å². The third kappa shape index (κ3) is 4.76. The highest BCUT2D eigenvalue weighted by atomic mass is 19.1. The topological polar surface area (TPSA) is 27.7 Å². The van der Waals surface area contributed by atoms with Gasteiger partial charge in [0.25, 0.3) is 0 Å². The summed E-state index contributed by atoms with van der Waals surface area (Å²) in [4.78, 5) is 5.22. The average Bonchev–Trinajstić information content (AvgIpc) is 3.21. The fourth-order valence-corrected chi connectivity index (χ4v) is 4.20. The Morgan fingerprint density at radius 3 is 2.36 bits per heavy atom. The van der Waals surface area contributed by atoms with Gasteiger partial charge < -0.3 is 15.0 Å². The van der Waals surface area contributed by atoms with Crippen molar-refractivity contribution in [3.63, 3.8) is 0 Å². The first kappa shape index (κ1) is 18.7. The van der Waals surface area contributed by atoms with Gasteiger partial charge in [-0.05, 0) is 63.7 Å². The Balaban J connectivity index is 0.000000192. The molecule has 0 amide bonds. The Morgan fingerprint density at radius 1 is 1.08 bits per heavy atom. The molecule has 1 aromatic carbocycles. The molecule has 3 heterocycles. The number of nitrogens with one attached hydrogen (secondary N) is 1. The van der Waals surface area contributed by atoms with Crippen LogP contribution in [0.3, 0.4) is 0 Å². The molecular weight excluding hydrogens is 324 g/mol. The maximum absolute atomic E-state index is 11.9. The quantitative estimate of drug-likeness (QED) is 0.880. The van der Waals surface area contributed by atoms with Crippen LogP contribution in [-0.2, 0) is 4.74 Å². The smallest absolute Gasteiger partial charge is 0.123 e. The van der Waals surface area contributed by atoms with Gasteiger partial charge in [0.15, 0.2) is 0 Å². The Bertz CT molecular complexity index is 521. The number of rotatable bonds is 2. The number of benzene rings is 1. The van der Waals surface area contributed by atoms with Gasteiger partial charge in [-0.15, -0.1) is 0 Å². The standard InChI is InChI=1S/C13H25N3O.C6H4F2/c1-14-11-5-12(9-17-8-11)16-6-10-3-4-15(2)13(10)7-16;7-5-1-2-6(8)4-3-5/h10-14H,3-9H2,1-2H3;1-4H. The molecule has 140 valence electrons. The van der Waals surface area contributed by atoms with Gasteiger partial charge in [-0.1, -0.05) is 0 Å². The van der Waals surface area contributed by atoms with E-state index in [9.17, 15) is 8.78 Å². The van der Waals surface area contributed by atoms with Gasteiger partial charge >= 0.3 is 0 Å². The van der Waals surface area contributed by atoms with Crippen LogP contribution >= 0.6 is 0 Å². The molecule has 6 heteroatoms. The zero-order valence-electron chi connectivity index (χ0n) is 15.1. The lowest BCUT2D eigenvalue weighted by Gasteiger charge is -2.35. The first-order valence-electron chi connectivity index (χ1n) is 9.17. The molecule has 4 nitrogen and oxygen atoms in total. The molecule has 0 aliphatic carbocycles. The van der Waals surface area contributed by atoms with Gasteiger partial charge in [0, 0.05) is 31.2 Å². The van der Waals surface area contributed by atoms with Crippen molar-refractivity contribution in [3.8, 4) is 0 Å². The van der Waals surface area contributed by atoms with E-state index < -0.39 is 11.6 Å². The van der Waals surface area contributed by atoms with Crippen molar-refractivity contribution in [2.45, 2.75) is 31.0 Å². The summed E-state index contributed by atoms with van der Waals surface area (Å²) in [5.41, 5.74) is 0. The van der Waals surface area contributed by atoms with Crippen LogP contribution in [0, 0.1) is 17.6 Å². The summed E-state index contributed by atoms with van der Waals surface area (Å²) in [6.07, 6.45) is 2.64. The second-order valence-corrected chi connectivity index (χ2v) is 7.40. The molecule has 3 aliphatic heterocycles. The van der Waals surface area contributed by atoms with Crippen LogP contribution in [0.1, 0.15) is 12.8 Å². The molecular formula is C19H29F2N3O. The van der Waals surface area contributed by atoms with E-state index in [1.54, 1.807) is 0 Å². The minimum atomic E-state index is -0.411. The van der Waals surface area contributed by atoms with Crippen molar-refractivity contribution in [2.24, 2.45) is 5.92 Å². The van der Waals surface area contributed by atoms with E-state index in [0.717, 1.165) is 49.4 Å². The Morgan fingerprint density at radius 2 is 1.76 bits per heavy atom. The second-order valence-electron chi connectivity index (χ2n) is 7.40. The average molecular weight is 353 g/mol. The van der Waals surface area contributed by atoms with Crippen molar-refractivity contribution in [1.82, 2.24) is 15.1 Å². The summed E-state index contributed by atoms with van der Waals surface area (Å²) in [5.74, 6) is 0.0905. The predicted molar refractivity (Wildman–Crippen MR) is 94.5 cm³/mol. The van der Waals surface area contributed by atoms with Crippen LogP contribution in [0.2, 0.25) is 0 Å². The van der Waals surface area contributed by atoms with Gasteiger partial charge in [-0.25, -0.2) is 8.78 Å². The molecule has 1 aromatic rings. The number of halogens is 2. The zero-order valence-corrected chi connectivity index (χ0v) is 15.1. The highest BCUT2D eigenvalue weighted by molar-refractivity contribution is 5.04. The van der Waals surface area contributed by atoms with Crippen LogP contribution < -0.4 is 5.32 Å². The van der Waals surface area contributed by atoms with Crippen molar-refractivity contribution >= 4 is 0 Å². The van der Waals surface area contributed by atoms with Gasteiger partial charge in [0.1, 0.15) is 11.6 Å². The van der Waals surface area contributed by atoms with Crippen LogP contribution in [0.25, 0.3) is 0 Å². The van der Waals surface area contributed by atoms with Crippen LogP contribution in [0.4, 0.5) is 8.78 Å². The van der Waals surface area contributed by atoms with Gasteiger partial charge in [0.05, 0.1) is 13.2 Å². The van der Waals surface area contributed by atoms with Crippen molar-refractivity contribution in [2.75, 3.05) is 46.9 Å². The zero-order chi connectivity index (χ0) is 17.8. The molecule has 0 aromatic heterocycles. The van der Waals surface area contributed by atoms with Gasteiger partial charge in [-0.3, -0.25) is 4.90 Å². The monoisotopic (exact) mass is 353 g/mol. The highest BCUT2D eigenvalue weighted by Gasteiger charge is 2.42. The molecule has 0 saturated carbocycles. The molecule has 4 unspecified atom stereocenters. The summed E-state index contributed by atoms with van der Waals surface area (Å²) in [6.45, 7) is 5.66.